The monoisotopic (exact) mass is 396 g/mol. The number of aromatic nitrogens is 4. The van der Waals surface area contributed by atoms with E-state index in [9.17, 15) is 9.59 Å². The topological polar surface area (TPSA) is 84.2 Å². The number of hydrogen-bond donors (Lipinski definition) is 0. The van der Waals surface area contributed by atoms with E-state index in [4.69, 9.17) is 0 Å². The van der Waals surface area contributed by atoms with E-state index in [0.717, 1.165) is 30.3 Å². The molecule has 0 aromatic carbocycles. The van der Waals surface area contributed by atoms with Crippen LogP contribution in [0.5, 0.6) is 0 Å². The number of fused-ring (bicyclic) bond motifs is 1. The Morgan fingerprint density at radius 2 is 1.72 bits per heavy atom. The Morgan fingerprint density at radius 3 is 2.31 bits per heavy atom. The lowest BCUT2D eigenvalue weighted by Crippen LogP contribution is -2.38. The molecule has 4 rings (SSSR count). The van der Waals surface area contributed by atoms with Gasteiger partial charge in [-0.25, -0.2) is 4.68 Å². The summed E-state index contributed by atoms with van der Waals surface area (Å²) >= 11 is 0. The maximum absolute atomic E-state index is 12.7. The number of rotatable bonds is 3. The molecule has 0 N–H and O–H groups in total. The Labute approximate surface area is 170 Å². The van der Waals surface area contributed by atoms with Gasteiger partial charge in [0.2, 0.25) is 5.91 Å². The molecule has 1 amide bonds. The second-order valence-electron chi connectivity index (χ2n) is 9.22. The SMILES string of the molecule is Cc1ccc(=O)n(CC(=O)N2CC3CN(c4ccc(C(C)(C)C)nn4)CC3C2)n1. The summed E-state index contributed by atoms with van der Waals surface area (Å²) in [6, 6.07) is 7.22. The van der Waals surface area contributed by atoms with Crippen molar-refractivity contribution in [3.8, 4) is 0 Å². The number of likely N-dealkylation sites (tertiary alicyclic amines) is 1. The predicted octanol–water partition coefficient (Wildman–Crippen LogP) is 1.23. The summed E-state index contributed by atoms with van der Waals surface area (Å²) < 4.78 is 1.25. The van der Waals surface area contributed by atoms with E-state index in [0.29, 0.717) is 24.9 Å². The van der Waals surface area contributed by atoms with Gasteiger partial charge in [-0.3, -0.25) is 9.59 Å². The fraction of sp³-hybridized carbons (Fsp3) is 0.571. The third-order valence-corrected chi connectivity index (χ3v) is 5.87. The standard InChI is InChI=1S/C21H28N6O2/c1-14-5-8-19(28)27(24-14)13-20(29)26-11-15-9-25(10-16(15)12-26)18-7-6-17(22-23-18)21(2,3)4/h5-8,15-16H,9-13H2,1-4H3. The van der Waals surface area contributed by atoms with Crippen molar-refractivity contribution in [3.63, 3.8) is 0 Å². The van der Waals surface area contributed by atoms with Crippen LogP contribution in [0, 0.1) is 18.8 Å². The fourth-order valence-corrected chi connectivity index (χ4v) is 4.17. The number of amides is 1. The van der Waals surface area contributed by atoms with Gasteiger partial charge in [0.05, 0.1) is 11.4 Å². The van der Waals surface area contributed by atoms with Gasteiger partial charge in [0.15, 0.2) is 5.82 Å². The normalized spacial score (nSPS) is 21.5. The number of anilines is 1. The van der Waals surface area contributed by atoms with E-state index in [1.165, 1.54) is 10.7 Å². The molecule has 29 heavy (non-hydrogen) atoms. The largest absolute Gasteiger partial charge is 0.354 e. The molecule has 8 nitrogen and oxygen atoms in total. The molecular weight excluding hydrogens is 368 g/mol. The first-order chi connectivity index (χ1) is 13.7. The zero-order valence-electron chi connectivity index (χ0n) is 17.5. The highest BCUT2D eigenvalue weighted by Crippen LogP contribution is 2.33. The summed E-state index contributed by atoms with van der Waals surface area (Å²) in [7, 11) is 0. The Kier molecular flexibility index (Phi) is 4.88. The maximum atomic E-state index is 12.7. The Hall–Kier alpha value is -2.77. The van der Waals surface area contributed by atoms with Gasteiger partial charge in [0.25, 0.3) is 5.56 Å². The van der Waals surface area contributed by atoms with Crippen molar-refractivity contribution in [2.24, 2.45) is 11.8 Å². The number of carbonyl (C=O) groups is 1. The molecule has 0 aliphatic carbocycles. The second-order valence-corrected chi connectivity index (χ2v) is 9.22. The van der Waals surface area contributed by atoms with Crippen LogP contribution < -0.4 is 10.5 Å². The number of nitrogens with zero attached hydrogens (tertiary/aromatic N) is 6. The van der Waals surface area contributed by atoms with Crippen molar-refractivity contribution in [1.82, 2.24) is 24.9 Å². The summed E-state index contributed by atoms with van der Waals surface area (Å²) in [5.41, 5.74) is 1.45. The lowest BCUT2D eigenvalue weighted by molar-refractivity contribution is -0.131. The van der Waals surface area contributed by atoms with Crippen molar-refractivity contribution in [1.29, 1.82) is 0 Å². The highest BCUT2D eigenvalue weighted by molar-refractivity contribution is 5.76. The molecule has 2 aliphatic rings. The van der Waals surface area contributed by atoms with Crippen LogP contribution in [0.15, 0.2) is 29.1 Å². The smallest absolute Gasteiger partial charge is 0.267 e. The Morgan fingerprint density at radius 1 is 1.03 bits per heavy atom. The molecule has 0 spiro atoms. The summed E-state index contributed by atoms with van der Waals surface area (Å²) in [6.07, 6.45) is 0. The van der Waals surface area contributed by atoms with Gasteiger partial charge < -0.3 is 9.80 Å². The molecule has 0 saturated carbocycles. The van der Waals surface area contributed by atoms with Gasteiger partial charge in [0.1, 0.15) is 6.54 Å². The second kappa shape index (κ2) is 7.24. The molecule has 2 aromatic heterocycles. The minimum Gasteiger partial charge on any atom is -0.354 e. The van der Waals surface area contributed by atoms with Crippen molar-refractivity contribution in [2.45, 2.75) is 39.7 Å². The summed E-state index contributed by atoms with van der Waals surface area (Å²) in [5, 5.41) is 13.0. The molecule has 0 radical (unpaired) electrons. The Bertz CT molecular complexity index is 948. The van der Waals surface area contributed by atoms with E-state index >= 15 is 0 Å². The third kappa shape index (κ3) is 4.02. The minimum absolute atomic E-state index is 0.00338. The molecule has 154 valence electrons. The first kappa shape index (κ1) is 19.5. The highest BCUT2D eigenvalue weighted by atomic mass is 16.2. The van der Waals surface area contributed by atoms with Gasteiger partial charge >= 0.3 is 0 Å². The van der Waals surface area contributed by atoms with Crippen LogP contribution in [-0.2, 0) is 16.8 Å². The molecule has 2 fully saturated rings. The number of hydrogen-bond acceptors (Lipinski definition) is 6. The average Bonchev–Trinajstić information content (AvgIpc) is 3.23. The summed E-state index contributed by atoms with van der Waals surface area (Å²) in [6.45, 7) is 11.4. The predicted molar refractivity (Wildman–Crippen MR) is 110 cm³/mol. The molecule has 2 unspecified atom stereocenters. The summed E-state index contributed by atoms with van der Waals surface area (Å²) in [5.74, 6) is 1.71. The molecule has 4 heterocycles. The van der Waals surface area contributed by atoms with E-state index in [2.05, 4.69) is 47.0 Å². The van der Waals surface area contributed by atoms with Gasteiger partial charge in [0, 0.05) is 49.5 Å². The van der Waals surface area contributed by atoms with E-state index in [1.54, 1.807) is 6.07 Å². The van der Waals surface area contributed by atoms with Gasteiger partial charge in [-0.1, -0.05) is 20.8 Å². The quantitative estimate of drug-likeness (QED) is 0.776. The van der Waals surface area contributed by atoms with Gasteiger partial charge in [-0.2, -0.15) is 10.2 Å². The third-order valence-electron chi connectivity index (χ3n) is 5.87. The lowest BCUT2D eigenvalue weighted by Gasteiger charge is -2.23. The molecule has 2 saturated heterocycles. The van der Waals surface area contributed by atoms with Crippen LogP contribution in [0.1, 0.15) is 32.2 Å². The fourth-order valence-electron chi connectivity index (χ4n) is 4.17. The van der Waals surface area contributed by atoms with Crippen LogP contribution >= 0.6 is 0 Å². The van der Waals surface area contributed by atoms with E-state index < -0.39 is 0 Å². The number of aryl methyl sites for hydroxylation is 1. The van der Waals surface area contributed by atoms with Crippen molar-refractivity contribution >= 4 is 11.7 Å². The van der Waals surface area contributed by atoms with Crippen LogP contribution in [-0.4, -0.2) is 57.0 Å². The van der Waals surface area contributed by atoms with Crippen molar-refractivity contribution in [2.75, 3.05) is 31.1 Å². The first-order valence-electron chi connectivity index (χ1n) is 10.1. The Balaban J connectivity index is 1.37. The van der Waals surface area contributed by atoms with Crippen molar-refractivity contribution < 1.29 is 4.79 Å². The molecule has 2 aromatic rings. The maximum Gasteiger partial charge on any atom is 0.267 e. The zero-order valence-corrected chi connectivity index (χ0v) is 17.5. The van der Waals surface area contributed by atoms with Crippen LogP contribution in [0.25, 0.3) is 0 Å². The van der Waals surface area contributed by atoms with Crippen LogP contribution in [0.2, 0.25) is 0 Å². The summed E-state index contributed by atoms with van der Waals surface area (Å²) in [4.78, 5) is 28.7. The lowest BCUT2D eigenvalue weighted by atomic mass is 9.92. The van der Waals surface area contributed by atoms with E-state index in [1.807, 2.05) is 17.9 Å². The van der Waals surface area contributed by atoms with E-state index in [-0.39, 0.29) is 23.4 Å². The van der Waals surface area contributed by atoms with Gasteiger partial charge in [-0.15, -0.1) is 5.10 Å². The average molecular weight is 396 g/mol. The first-order valence-corrected chi connectivity index (χ1v) is 10.1. The van der Waals surface area contributed by atoms with Crippen LogP contribution in [0.3, 0.4) is 0 Å². The molecular formula is C21H28N6O2. The molecule has 2 atom stereocenters. The minimum atomic E-state index is -0.244. The molecule has 8 heteroatoms. The molecule has 2 aliphatic heterocycles. The van der Waals surface area contributed by atoms with Gasteiger partial charge in [-0.05, 0) is 25.1 Å². The number of carbonyl (C=O) groups excluding carboxylic acids is 1. The zero-order chi connectivity index (χ0) is 20.8. The van der Waals surface area contributed by atoms with Crippen LogP contribution in [0.4, 0.5) is 5.82 Å². The highest BCUT2D eigenvalue weighted by Gasteiger charge is 2.42. The van der Waals surface area contributed by atoms with Crippen molar-refractivity contribution in [3.05, 3.63) is 46.0 Å². The molecule has 0 bridgehead atoms.